The summed E-state index contributed by atoms with van der Waals surface area (Å²) >= 11 is 0. The van der Waals surface area contributed by atoms with Crippen LogP contribution in [0.2, 0.25) is 0 Å². The van der Waals surface area contributed by atoms with Crippen LogP contribution in [0.25, 0.3) is 0 Å². The fourth-order valence-corrected chi connectivity index (χ4v) is 3.22. The summed E-state index contributed by atoms with van der Waals surface area (Å²) in [5.74, 6) is -0.0867. The highest BCUT2D eigenvalue weighted by Crippen LogP contribution is 2.20. The number of piperidine rings is 1. The number of aryl methyl sites for hydroxylation is 2. The van der Waals surface area contributed by atoms with E-state index in [-0.39, 0.29) is 17.8 Å². The number of quaternary nitrogens is 1. The van der Waals surface area contributed by atoms with Crippen molar-refractivity contribution in [2.75, 3.05) is 32.1 Å². The van der Waals surface area contributed by atoms with Crippen LogP contribution < -0.4 is 10.2 Å². The van der Waals surface area contributed by atoms with Crippen LogP contribution in [0.3, 0.4) is 0 Å². The Morgan fingerprint density at radius 1 is 1.30 bits per heavy atom. The Morgan fingerprint density at radius 2 is 2.00 bits per heavy atom. The van der Waals surface area contributed by atoms with Crippen LogP contribution >= 0.6 is 0 Å². The van der Waals surface area contributed by atoms with E-state index in [1.54, 1.807) is 0 Å². The normalized spacial score (nSPS) is 20.8. The first kappa shape index (κ1) is 17.5. The molecule has 5 heteroatoms. The molecule has 1 aliphatic rings. The first-order valence-electron chi connectivity index (χ1n) is 8.34. The molecule has 1 amide bonds. The third-order valence-corrected chi connectivity index (χ3v) is 4.64. The van der Waals surface area contributed by atoms with Gasteiger partial charge in [-0.25, -0.2) is 0 Å². The lowest BCUT2D eigenvalue weighted by Crippen LogP contribution is -3.14. The number of nitrogens with one attached hydrogen (secondary N) is 2. The smallest absolute Gasteiger partial charge is 0.309 e. The van der Waals surface area contributed by atoms with E-state index in [0.717, 1.165) is 49.2 Å². The summed E-state index contributed by atoms with van der Waals surface area (Å²) in [6.07, 6.45) is 2.48. The van der Waals surface area contributed by atoms with E-state index in [1.165, 1.54) is 12.0 Å². The van der Waals surface area contributed by atoms with Crippen molar-refractivity contribution in [3.05, 3.63) is 29.3 Å². The molecule has 1 saturated heterocycles. The highest BCUT2D eigenvalue weighted by atomic mass is 16.5. The predicted octanol–water partition coefficient (Wildman–Crippen LogP) is 0.964. The van der Waals surface area contributed by atoms with E-state index < -0.39 is 0 Å². The number of carbonyl (C=O) groups excluding carboxylic acids is 2. The summed E-state index contributed by atoms with van der Waals surface area (Å²) in [4.78, 5) is 25.1. The number of rotatable bonds is 5. The standard InChI is InChI=1S/C18H26N2O3/c1-4-14-7-5-6-13(2)17(14)19-16(21)12-20-10-8-15(9-11-20)18(22)23-3/h5-7,15H,4,8-12H2,1-3H3,(H,19,21)/p+1. The lowest BCUT2D eigenvalue weighted by molar-refractivity contribution is -0.897. The van der Waals surface area contributed by atoms with Gasteiger partial charge < -0.3 is 15.0 Å². The fraction of sp³-hybridized carbons (Fsp3) is 0.556. The van der Waals surface area contributed by atoms with Crippen molar-refractivity contribution >= 4 is 17.6 Å². The Bertz CT molecular complexity index is 563. The van der Waals surface area contributed by atoms with Gasteiger partial charge in [0.15, 0.2) is 6.54 Å². The summed E-state index contributed by atoms with van der Waals surface area (Å²) in [5.41, 5.74) is 3.21. The molecular formula is C18H27N2O3+. The SMILES string of the molecule is CCc1cccc(C)c1NC(=O)C[NH+]1CCC(C(=O)OC)CC1. The second-order valence-electron chi connectivity index (χ2n) is 6.23. The van der Waals surface area contributed by atoms with Crippen molar-refractivity contribution in [3.8, 4) is 0 Å². The Hall–Kier alpha value is -1.88. The molecule has 1 heterocycles. The minimum atomic E-state index is -0.124. The van der Waals surface area contributed by atoms with Crippen molar-refractivity contribution in [2.24, 2.45) is 5.92 Å². The molecule has 126 valence electrons. The zero-order valence-corrected chi connectivity index (χ0v) is 14.3. The van der Waals surface area contributed by atoms with Gasteiger partial charge in [0.05, 0.1) is 26.1 Å². The molecule has 1 aliphatic heterocycles. The van der Waals surface area contributed by atoms with E-state index in [0.29, 0.717) is 6.54 Å². The maximum Gasteiger partial charge on any atom is 0.309 e. The van der Waals surface area contributed by atoms with Crippen molar-refractivity contribution in [1.82, 2.24) is 0 Å². The number of hydrogen-bond acceptors (Lipinski definition) is 3. The second kappa shape index (κ2) is 8.11. The zero-order chi connectivity index (χ0) is 16.8. The minimum Gasteiger partial charge on any atom is -0.469 e. The Labute approximate surface area is 138 Å². The number of benzene rings is 1. The van der Waals surface area contributed by atoms with E-state index >= 15 is 0 Å². The minimum absolute atomic E-state index is 0.00475. The number of likely N-dealkylation sites (tertiary alicyclic amines) is 1. The van der Waals surface area contributed by atoms with E-state index in [9.17, 15) is 9.59 Å². The maximum atomic E-state index is 12.3. The highest BCUT2D eigenvalue weighted by Gasteiger charge is 2.29. The number of hydrogen-bond donors (Lipinski definition) is 2. The monoisotopic (exact) mass is 319 g/mol. The van der Waals surface area contributed by atoms with E-state index in [2.05, 4.69) is 18.3 Å². The largest absolute Gasteiger partial charge is 0.469 e. The van der Waals surface area contributed by atoms with E-state index in [1.807, 2.05) is 19.1 Å². The van der Waals surface area contributed by atoms with Crippen LogP contribution in [0.1, 0.15) is 30.9 Å². The van der Waals surface area contributed by atoms with Gasteiger partial charge in [-0.15, -0.1) is 0 Å². The third kappa shape index (κ3) is 4.55. The van der Waals surface area contributed by atoms with Gasteiger partial charge in [0.25, 0.3) is 5.91 Å². The topological polar surface area (TPSA) is 59.8 Å². The molecule has 0 unspecified atom stereocenters. The second-order valence-corrected chi connectivity index (χ2v) is 6.23. The summed E-state index contributed by atoms with van der Waals surface area (Å²) < 4.78 is 4.80. The Balaban J connectivity index is 1.88. The number of para-hydroxylation sites is 1. The molecule has 23 heavy (non-hydrogen) atoms. The fourth-order valence-electron chi connectivity index (χ4n) is 3.22. The molecule has 2 N–H and O–H groups in total. The molecule has 5 nitrogen and oxygen atoms in total. The molecule has 0 bridgehead atoms. The number of methoxy groups -OCH3 is 1. The first-order valence-corrected chi connectivity index (χ1v) is 8.34. The van der Waals surface area contributed by atoms with Crippen LogP contribution in [-0.2, 0) is 20.7 Å². The number of amides is 1. The average molecular weight is 319 g/mol. The summed E-state index contributed by atoms with van der Waals surface area (Å²) in [5, 5.41) is 3.07. The van der Waals surface area contributed by atoms with Gasteiger partial charge >= 0.3 is 5.97 Å². The lowest BCUT2D eigenvalue weighted by Gasteiger charge is -2.27. The summed E-state index contributed by atoms with van der Waals surface area (Å²) in [6, 6.07) is 6.09. The molecular weight excluding hydrogens is 292 g/mol. The van der Waals surface area contributed by atoms with Crippen molar-refractivity contribution in [3.63, 3.8) is 0 Å². The van der Waals surface area contributed by atoms with Crippen LogP contribution in [0.4, 0.5) is 5.69 Å². The number of carbonyl (C=O) groups is 2. The van der Waals surface area contributed by atoms with Crippen LogP contribution in [0.15, 0.2) is 18.2 Å². The van der Waals surface area contributed by atoms with Crippen LogP contribution in [0, 0.1) is 12.8 Å². The molecule has 2 rings (SSSR count). The zero-order valence-electron chi connectivity index (χ0n) is 14.3. The molecule has 1 aromatic rings. The van der Waals surface area contributed by atoms with Crippen LogP contribution in [0.5, 0.6) is 0 Å². The molecule has 0 saturated carbocycles. The molecule has 0 aliphatic carbocycles. The quantitative estimate of drug-likeness (QED) is 0.795. The van der Waals surface area contributed by atoms with Gasteiger partial charge in [0.2, 0.25) is 0 Å². The van der Waals surface area contributed by atoms with Gasteiger partial charge in [-0.1, -0.05) is 25.1 Å². The van der Waals surface area contributed by atoms with Gasteiger partial charge in [-0.05, 0) is 24.5 Å². The molecule has 0 atom stereocenters. The molecule has 0 spiro atoms. The molecule has 0 radical (unpaired) electrons. The van der Waals surface area contributed by atoms with Gasteiger partial charge in [0.1, 0.15) is 0 Å². The molecule has 1 fully saturated rings. The predicted molar refractivity (Wildman–Crippen MR) is 89.5 cm³/mol. The average Bonchev–Trinajstić information content (AvgIpc) is 2.56. The Kier molecular flexibility index (Phi) is 6.16. The third-order valence-electron chi connectivity index (χ3n) is 4.64. The number of ether oxygens (including phenoxy) is 1. The van der Waals surface area contributed by atoms with Crippen molar-refractivity contribution < 1.29 is 19.2 Å². The van der Waals surface area contributed by atoms with Gasteiger partial charge in [-0.2, -0.15) is 0 Å². The van der Waals surface area contributed by atoms with Crippen LogP contribution in [-0.4, -0.2) is 38.6 Å². The van der Waals surface area contributed by atoms with E-state index in [4.69, 9.17) is 4.74 Å². The number of esters is 1. The maximum absolute atomic E-state index is 12.3. The summed E-state index contributed by atoms with van der Waals surface area (Å²) in [6.45, 7) is 6.23. The van der Waals surface area contributed by atoms with Gasteiger partial charge in [0, 0.05) is 18.5 Å². The molecule has 1 aromatic carbocycles. The lowest BCUT2D eigenvalue weighted by atomic mass is 9.97. The Morgan fingerprint density at radius 3 is 2.61 bits per heavy atom. The first-order chi connectivity index (χ1) is 11.0. The summed E-state index contributed by atoms with van der Waals surface area (Å²) in [7, 11) is 1.43. The van der Waals surface area contributed by atoms with Crippen molar-refractivity contribution in [2.45, 2.75) is 33.1 Å². The number of anilines is 1. The van der Waals surface area contributed by atoms with Crippen molar-refractivity contribution in [1.29, 1.82) is 0 Å². The van der Waals surface area contributed by atoms with Gasteiger partial charge in [-0.3, -0.25) is 9.59 Å². The molecule has 0 aromatic heterocycles. The highest BCUT2D eigenvalue weighted by molar-refractivity contribution is 5.93.